The topological polar surface area (TPSA) is 15.7 Å². The number of allylic oxidation sites excluding steroid dienone is 1. The molecule has 2 aliphatic carbocycles. The van der Waals surface area contributed by atoms with Crippen LogP contribution >= 0.6 is 0 Å². The first-order valence-electron chi connectivity index (χ1n) is 9.95. The van der Waals surface area contributed by atoms with E-state index in [4.69, 9.17) is 4.74 Å². The average molecular weight is 321 g/mol. The fourth-order valence-corrected chi connectivity index (χ4v) is 4.39. The molecule has 0 aromatic rings. The molecular formula is C20H36N2O. The van der Waals surface area contributed by atoms with E-state index in [1.54, 1.807) is 0 Å². The molecule has 3 nitrogen and oxygen atoms in total. The van der Waals surface area contributed by atoms with Gasteiger partial charge in [0.15, 0.2) is 0 Å². The number of hydrogen-bond donors (Lipinski definition) is 0. The SMILES string of the molecule is CO/C(=C/CN1CCN(CC2CCCCC2)CC1)[C@H](C)C1CC1. The van der Waals surface area contributed by atoms with Crippen LogP contribution in [0.25, 0.3) is 0 Å². The normalized spacial score (nSPS) is 27.1. The highest BCUT2D eigenvalue weighted by atomic mass is 16.5. The molecule has 1 atom stereocenters. The van der Waals surface area contributed by atoms with Crippen molar-refractivity contribution in [3.8, 4) is 0 Å². The van der Waals surface area contributed by atoms with Gasteiger partial charge < -0.3 is 9.64 Å². The van der Waals surface area contributed by atoms with Gasteiger partial charge in [0.25, 0.3) is 0 Å². The maximum atomic E-state index is 5.65. The predicted molar refractivity (Wildman–Crippen MR) is 96.4 cm³/mol. The maximum Gasteiger partial charge on any atom is 0.0959 e. The summed E-state index contributed by atoms with van der Waals surface area (Å²) < 4.78 is 5.65. The summed E-state index contributed by atoms with van der Waals surface area (Å²) in [6, 6.07) is 0. The lowest BCUT2D eigenvalue weighted by Gasteiger charge is -2.37. The molecule has 0 aromatic heterocycles. The van der Waals surface area contributed by atoms with Crippen LogP contribution in [0.15, 0.2) is 11.8 Å². The summed E-state index contributed by atoms with van der Waals surface area (Å²) in [6.45, 7) is 9.70. The van der Waals surface area contributed by atoms with E-state index >= 15 is 0 Å². The molecule has 0 amide bonds. The number of hydrogen-bond acceptors (Lipinski definition) is 3. The summed E-state index contributed by atoms with van der Waals surface area (Å²) in [4.78, 5) is 5.30. The Balaban J connectivity index is 1.38. The van der Waals surface area contributed by atoms with Gasteiger partial charge in [-0.2, -0.15) is 0 Å². The van der Waals surface area contributed by atoms with Crippen LogP contribution in [0.4, 0.5) is 0 Å². The molecule has 1 saturated heterocycles. The highest BCUT2D eigenvalue weighted by molar-refractivity contribution is 5.04. The van der Waals surface area contributed by atoms with Gasteiger partial charge in [-0.1, -0.05) is 26.2 Å². The van der Waals surface area contributed by atoms with Gasteiger partial charge in [0.05, 0.1) is 12.9 Å². The van der Waals surface area contributed by atoms with E-state index in [1.165, 1.54) is 83.4 Å². The Morgan fingerprint density at radius 2 is 1.65 bits per heavy atom. The average Bonchev–Trinajstić information content (AvgIpc) is 3.42. The molecule has 132 valence electrons. The fraction of sp³-hybridized carbons (Fsp3) is 0.900. The second-order valence-electron chi connectivity index (χ2n) is 8.04. The van der Waals surface area contributed by atoms with Crippen LogP contribution in [0.3, 0.4) is 0 Å². The molecule has 3 aliphatic rings. The van der Waals surface area contributed by atoms with Gasteiger partial charge in [0.1, 0.15) is 0 Å². The Morgan fingerprint density at radius 3 is 2.26 bits per heavy atom. The Labute approximate surface area is 143 Å². The van der Waals surface area contributed by atoms with Crippen molar-refractivity contribution in [3.05, 3.63) is 11.8 Å². The zero-order valence-electron chi connectivity index (χ0n) is 15.3. The smallest absolute Gasteiger partial charge is 0.0959 e. The van der Waals surface area contributed by atoms with Crippen molar-refractivity contribution in [1.82, 2.24) is 9.80 Å². The molecule has 2 saturated carbocycles. The number of rotatable bonds is 7. The summed E-state index contributed by atoms with van der Waals surface area (Å²) in [6.07, 6.45) is 12.5. The van der Waals surface area contributed by atoms with Gasteiger partial charge in [0, 0.05) is 45.2 Å². The zero-order chi connectivity index (χ0) is 16.1. The lowest BCUT2D eigenvalue weighted by molar-refractivity contribution is 0.116. The van der Waals surface area contributed by atoms with Crippen LogP contribution in [-0.2, 0) is 4.74 Å². The third-order valence-electron chi connectivity index (χ3n) is 6.27. The third kappa shape index (κ3) is 5.22. The molecule has 1 aliphatic heterocycles. The summed E-state index contributed by atoms with van der Waals surface area (Å²) in [5.41, 5.74) is 0. The van der Waals surface area contributed by atoms with Gasteiger partial charge in [-0.05, 0) is 43.6 Å². The minimum atomic E-state index is 0.618. The van der Waals surface area contributed by atoms with Crippen LogP contribution in [-0.4, -0.2) is 56.2 Å². The van der Waals surface area contributed by atoms with Crippen LogP contribution < -0.4 is 0 Å². The molecule has 23 heavy (non-hydrogen) atoms. The van der Waals surface area contributed by atoms with E-state index in [9.17, 15) is 0 Å². The molecule has 0 bridgehead atoms. The predicted octanol–water partition coefficient (Wildman–Crippen LogP) is 3.76. The largest absolute Gasteiger partial charge is 0.501 e. The third-order valence-corrected chi connectivity index (χ3v) is 6.27. The molecule has 1 heterocycles. The second kappa shape index (κ2) is 8.53. The molecule has 0 spiro atoms. The summed E-state index contributed by atoms with van der Waals surface area (Å²) >= 11 is 0. The van der Waals surface area contributed by atoms with Crippen LogP contribution in [0, 0.1) is 17.8 Å². The van der Waals surface area contributed by atoms with Crippen molar-refractivity contribution in [3.63, 3.8) is 0 Å². The Kier molecular flexibility index (Phi) is 6.41. The van der Waals surface area contributed by atoms with Crippen LogP contribution in [0.2, 0.25) is 0 Å². The van der Waals surface area contributed by atoms with E-state index in [0.717, 1.165) is 18.4 Å². The van der Waals surface area contributed by atoms with Gasteiger partial charge in [-0.15, -0.1) is 0 Å². The quantitative estimate of drug-likeness (QED) is 0.664. The monoisotopic (exact) mass is 320 g/mol. The Morgan fingerprint density at radius 1 is 1.00 bits per heavy atom. The van der Waals surface area contributed by atoms with Crippen molar-refractivity contribution in [1.29, 1.82) is 0 Å². The van der Waals surface area contributed by atoms with E-state index < -0.39 is 0 Å². The van der Waals surface area contributed by atoms with E-state index in [-0.39, 0.29) is 0 Å². The molecule has 0 N–H and O–H groups in total. The molecule has 3 rings (SSSR count). The molecule has 3 fully saturated rings. The molecule has 3 heteroatoms. The molecule has 0 unspecified atom stereocenters. The van der Waals surface area contributed by atoms with E-state index in [1.807, 2.05) is 7.11 Å². The summed E-state index contributed by atoms with van der Waals surface area (Å²) in [7, 11) is 1.84. The zero-order valence-corrected chi connectivity index (χ0v) is 15.3. The highest BCUT2D eigenvalue weighted by Crippen LogP contribution is 2.40. The van der Waals surface area contributed by atoms with Crippen molar-refractivity contribution in [2.75, 3.05) is 46.4 Å². The van der Waals surface area contributed by atoms with Crippen LogP contribution in [0.5, 0.6) is 0 Å². The summed E-state index contributed by atoms with van der Waals surface area (Å²) in [5, 5.41) is 0. The van der Waals surface area contributed by atoms with Gasteiger partial charge in [-0.3, -0.25) is 4.90 Å². The minimum Gasteiger partial charge on any atom is -0.501 e. The number of nitrogens with zero attached hydrogens (tertiary/aromatic N) is 2. The highest BCUT2D eigenvalue weighted by Gasteiger charge is 2.31. The van der Waals surface area contributed by atoms with E-state index in [2.05, 4.69) is 22.8 Å². The van der Waals surface area contributed by atoms with E-state index in [0.29, 0.717) is 5.92 Å². The van der Waals surface area contributed by atoms with Crippen LogP contribution in [0.1, 0.15) is 51.9 Å². The standard InChI is InChI=1S/C20H36N2O/c1-17(19-8-9-19)20(23-2)10-11-21-12-14-22(15-13-21)16-18-6-4-3-5-7-18/h10,17-19H,3-9,11-16H2,1-2H3/b20-10+/t17-/m1/s1. The van der Waals surface area contributed by atoms with Crippen molar-refractivity contribution >= 4 is 0 Å². The van der Waals surface area contributed by atoms with Crippen molar-refractivity contribution < 1.29 is 4.74 Å². The molecule has 0 radical (unpaired) electrons. The molecule has 0 aromatic carbocycles. The fourth-order valence-electron chi connectivity index (χ4n) is 4.39. The first-order valence-corrected chi connectivity index (χ1v) is 9.95. The number of methoxy groups -OCH3 is 1. The Bertz CT molecular complexity index is 377. The Hall–Kier alpha value is -0.540. The first-order chi connectivity index (χ1) is 11.3. The van der Waals surface area contributed by atoms with Gasteiger partial charge >= 0.3 is 0 Å². The summed E-state index contributed by atoms with van der Waals surface area (Å²) in [5.74, 6) is 3.70. The minimum absolute atomic E-state index is 0.618. The second-order valence-corrected chi connectivity index (χ2v) is 8.04. The lowest BCUT2D eigenvalue weighted by Crippen LogP contribution is -2.47. The first kappa shape index (κ1) is 17.3. The number of ether oxygens (including phenoxy) is 1. The van der Waals surface area contributed by atoms with Crippen molar-refractivity contribution in [2.24, 2.45) is 17.8 Å². The molecular weight excluding hydrogens is 284 g/mol. The maximum absolute atomic E-state index is 5.65. The van der Waals surface area contributed by atoms with Gasteiger partial charge in [-0.25, -0.2) is 0 Å². The van der Waals surface area contributed by atoms with Crippen molar-refractivity contribution in [2.45, 2.75) is 51.9 Å². The number of piperazine rings is 1. The lowest BCUT2D eigenvalue weighted by atomic mass is 9.89. The van der Waals surface area contributed by atoms with Gasteiger partial charge in [0.2, 0.25) is 0 Å².